The third-order valence-corrected chi connectivity index (χ3v) is 4.93. The molecule has 0 aliphatic carbocycles. The Labute approximate surface area is 181 Å². The van der Waals surface area contributed by atoms with E-state index in [0.29, 0.717) is 14.6 Å². The Balaban J connectivity index is 1.69. The minimum atomic E-state index is -5.09. The topological polar surface area (TPSA) is 67.5 Å². The molecule has 6 nitrogen and oxygen atoms in total. The highest BCUT2D eigenvalue weighted by Gasteiger charge is 2.45. The predicted molar refractivity (Wildman–Crippen MR) is 107 cm³/mol. The van der Waals surface area contributed by atoms with Crippen LogP contribution in [0.1, 0.15) is 13.3 Å². The van der Waals surface area contributed by atoms with Crippen LogP contribution in [-0.2, 0) is 0 Å². The van der Waals surface area contributed by atoms with Crippen molar-refractivity contribution >= 4 is 45.8 Å². The maximum Gasteiger partial charge on any atom is 0.420 e. The van der Waals surface area contributed by atoms with Crippen LogP contribution in [0.4, 0.5) is 32.6 Å². The molecule has 0 unspecified atom stereocenters. The Bertz CT molecular complexity index is 1130. The van der Waals surface area contributed by atoms with E-state index in [0.717, 1.165) is 29.8 Å². The number of anilines is 1. The normalized spacial score (nSPS) is 12.1. The van der Waals surface area contributed by atoms with Gasteiger partial charge in [0.2, 0.25) is 0 Å². The molecule has 2 heterocycles. The Hall–Kier alpha value is -2.80. The number of benzene rings is 1. The summed E-state index contributed by atoms with van der Waals surface area (Å²) in [5, 5.41) is 0. The van der Waals surface area contributed by atoms with Crippen LogP contribution in [-0.4, -0.2) is 34.9 Å². The maximum absolute atomic E-state index is 13.3. The van der Waals surface area contributed by atoms with Crippen molar-refractivity contribution < 1.29 is 36.2 Å². The molecule has 1 amide bonds. The van der Waals surface area contributed by atoms with E-state index >= 15 is 0 Å². The van der Waals surface area contributed by atoms with Crippen LogP contribution in [0.2, 0.25) is 0 Å². The molecule has 0 radical (unpaired) electrons. The van der Waals surface area contributed by atoms with Gasteiger partial charge in [-0.15, -0.1) is 0 Å². The summed E-state index contributed by atoms with van der Waals surface area (Å²) in [4.78, 5) is 21.7. The number of nitrogens with one attached hydrogen (secondary N) is 1. The van der Waals surface area contributed by atoms with Crippen molar-refractivity contribution in [1.82, 2.24) is 9.97 Å². The number of aromatic amines is 1. The number of fused-ring (bicyclic) bond motifs is 1. The van der Waals surface area contributed by atoms with Gasteiger partial charge in [0.15, 0.2) is 3.95 Å². The van der Waals surface area contributed by atoms with E-state index in [4.69, 9.17) is 17.0 Å². The van der Waals surface area contributed by atoms with Gasteiger partial charge in [-0.1, -0.05) is 11.3 Å². The first-order valence-corrected chi connectivity index (χ1v) is 9.91. The molecule has 0 saturated carbocycles. The first kappa shape index (κ1) is 22.9. The number of amides is 1. The molecule has 0 fully saturated rings. The van der Waals surface area contributed by atoms with Crippen LogP contribution in [0, 0.1) is 3.95 Å². The number of hydrogen-bond acceptors (Lipinski definition) is 6. The van der Waals surface area contributed by atoms with E-state index in [2.05, 4.69) is 14.7 Å². The van der Waals surface area contributed by atoms with Crippen molar-refractivity contribution in [1.29, 1.82) is 0 Å². The number of hydrogen-bond donors (Lipinski definition) is 1. The molecule has 0 aliphatic heterocycles. The van der Waals surface area contributed by atoms with Crippen LogP contribution in [0.25, 0.3) is 10.3 Å². The van der Waals surface area contributed by atoms with Crippen LogP contribution in [0.3, 0.4) is 0 Å². The number of halogens is 5. The lowest BCUT2D eigenvalue weighted by molar-refractivity contribution is -0.255. The van der Waals surface area contributed by atoms with Crippen molar-refractivity contribution in [2.24, 2.45) is 0 Å². The molecule has 3 aromatic rings. The lowest BCUT2D eigenvalue weighted by Gasteiger charge is -2.20. The lowest BCUT2D eigenvalue weighted by atomic mass is 10.3. The van der Waals surface area contributed by atoms with Gasteiger partial charge in [0, 0.05) is 6.54 Å². The molecule has 0 saturated heterocycles. The average Bonchev–Trinajstić information content (AvgIpc) is 3.01. The van der Waals surface area contributed by atoms with E-state index in [1.165, 1.54) is 16.2 Å². The second kappa shape index (κ2) is 8.75. The molecular weight excluding hydrogens is 465 g/mol. The quantitative estimate of drug-likeness (QED) is 0.332. The zero-order valence-electron chi connectivity index (χ0n) is 15.7. The second-order valence-corrected chi connectivity index (χ2v) is 7.82. The summed E-state index contributed by atoms with van der Waals surface area (Å²) in [6, 6.07) is 7.51. The Morgan fingerprint density at radius 2 is 1.77 bits per heavy atom. The van der Waals surface area contributed by atoms with Crippen molar-refractivity contribution in [2.45, 2.75) is 25.6 Å². The molecule has 1 N–H and O–H groups in total. The van der Waals surface area contributed by atoms with Gasteiger partial charge < -0.3 is 14.5 Å². The van der Waals surface area contributed by atoms with Gasteiger partial charge in [-0.05, 0) is 55.5 Å². The van der Waals surface area contributed by atoms with Crippen LogP contribution in [0.5, 0.6) is 11.5 Å². The summed E-state index contributed by atoms with van der Waals surface area (Å²) in [6.45, 7) is 1.92. The zero-order chi connectivity index (χ0) is 22.8. The standard InChI is InChI=1S/C18H14F5N3O3S2/c1-2-26(13-8-7-12-14(25-13)31-15(30)24-12)16(27)28-10-3-5-11(6-4-10)29-18(22,23)9-17(19,20)21/h3-8H,2,9H2,1H3,(H,24,30). The van der Waals surface area contributed by atoms with Gasteiger partial charge in [-0.2, -0.15) is 22.0 Å². The highest BCUT2D eigenvalue weighted by molar-refractivity contribution is 7.73. The van der Waals surface area contributed by atoms with Crippen molar-refractivity contribution in [2.75, 3.05) is 11.4 Å². The molecule has 2 aromatic heterocycles. The van der Waals surface area contributed by atoms with Crippen LogP contribution < -0.4 is 14.4 Å². The van der Waals surface area contributed by atoms with Crippen molar-refractivity contribution in [3.05, 3.63) is 40.4 Å². The van der Waals surface area contributed by atoms with Gasteiger partial charge in [-0.25, -0.2) is 9.78 Å². The molecule has 0 spiro atoms. The van der Waals surface area contributed by atoms with Crippen LogP contribution >= 0.6 is 23.6 Å². The van der Waals surface area contributed by atoms with Gasteiger partial charge in [0.05, 0.1) is 5.52 Å². The predicted octanol–water partition coefficient (Wildman–Crippen LogP) is 6.30. The number of H-pyrrole nitrogens is 1. The molecule has 0 bridgehead atoms. The maximum atomic E-state index is 13.3. The average molecular weight is 479 g/mol. The first-order valence-electron chi connectivity index (χ1n) is 8.68. The third kappa shape index (κ3) is 6.10. The fourth-order valence-electron chi connectivity index (χ4n) is 2.54. The van der Waals surface area contributed by atoms with E-state index in [1.54, 1.807) is 19.1 Å². The summed E-state index contributed by atoms with van der Waals surface area (Å²) in [5.74, 6) is -0.215. The van der Waals surface area contributed by atoms with Gasteiger partial charge in [-0.3, -0.25) is 4.90 Å². The summed E-state index contributed by atoms with van der Waals surface area (Å²) < 4.78 is 73.0. The summed E-state index contributed by atoms with van der Waals surface area (Å²) >= 11 is 6.31. The van der Waals surface area contributed by atoms with E-state index < -0.39 is 30.5 Å². The Morgan fingerprint density at radius 3 is 2.39 bits per heavy atom. The van der Waals surface area contributed by atoms with Crippen molar-refractivity contribution in [3.8, 4) is 11.5 Å². The second-order valence-electron chi connectivity index (χ2n) is 6.15. The fourth-order valence-corrected chi connectivity index (χ4v) is 3.59. The molecule has 31 heavy (non-hydrogen) atoms. The SMILES string of the molecule is CCN(C(=O)Oc1ccc(OC(F)(F)CC(F)(F)F)cc1)c1ccc2[nH]c(=S)sc2n1. The summed E-state index contributed by atoms with van der Waals surface area (Å²) in [6.07, 6.45) is -12.7. The number of thiazole rings is 1. The first-order chi connectivity index (χ1) is 14.5. The van der Waals surface area contributed by atoms with Gasteiger partial charge >= 0.3 is 18.4 Å². The van der Waals surface area contributed by atoms with Gasteiger partial charge in [0.25, 0.3) is 0 Å². The van der Waals surface area contributed by atoms with Crippen molar-refractivity contribution in [3.63, 3.8) is 0 Å². The summed E-state index contributed by atoms with van der Waals surface area (Å²) in [7, 11) is 0. The largest absolute Gasteiger partial charge is 0.432 e. The highest BCUT2D eigenvalue weighted by Crippen LogP contribution is 2.34. The number of alkyl halides is 5. The highest BCUT2D eigenvalue weighted by atomic mass is 32.1. The van der Waals surface area contributed by atoms with E-state index in [9.17, 15) is 26.7 Å². The summed E-state index contributed by atoms with van der Waals surface area (Å²) in [5.41, 5.74) is 0.723. The molecule has 3 rings (SSSR count). The number of carbonyl (C=O) groups is 1. The fraction of sp³-hybridized carbons (Fsp3) is 0.278. The number of nitrogens with zero attached hydrogens (tertiary/aromatic N) is 2. The number of ether oxygens (including phenoxy) is 2. The molecular formula is C18H14F5N3O3S2. The number of carbonyl (C=O) groups excluding carboxylic acids is 1. The number of rotatable bonds is 6. The molecule has 0 atom stereocenters. The number of aromatic nitrogens is 2. The minimum Gasteiger partial charge on any atom is -0.432 e. The third-order valence-electron chi connectivity index (χ3n) is 3.79. The lowest BCUT2D eigenvalue weighted by Crippen LogP contribution is -2.34. The smallest absolute Gasteiger partial charge is 0.420 e. The van der Waals surface area contributed by atoms with Gasteiger partial charge in [0.1, 0.15) is 28.6 Å². The Kier molecular flexibility index (Phi) is 6.46. The monoisotopic (exact) mass is 479 g/mol. The van der Waals surface area contributed by atoms with E-state index in [-0.39, 0.29) is 12.3 Å². The Morgan fingerprint density at radius 1 is 1.13 bits per heavy atom. The number of pyridine rings is 1. The molecule has 1 aromatic carbocycles. The zero-order valence-corrected chi connectivity index (χ0v) is 17.3. The molecule has 13 heteroatoms. The van der Waals surface area contributed by atoms with E-state index in [1.807, 2.05) is 0 Å². The minimum absolute atomic E-state index is 0.0201. The molecule has 0 aliphatic rings. The van der Waals surface area contributed by atoms with Crippen LogP contribution in [0.15, 0.2) is 36.4 Å². The molecule has 166 valence electrons.